The molecule has 2 aliphatic carbocycles. The van der Waals surface area contributed by atoms with Crippen LogP contribution in [0.25, 0.3) is 0 Å². The second-order valence-electron chi connectivity index (χ2n) is 13.9. The molecule has 3 amide bonds. The lowest BCUT2D eigenvalue weighted by atomic mass is 9.77. The summed E-state index contributed by atoms with van der Waals surface area (Å²) >= 11 is 0. The number of pyridine rings is 1. The van der Waals surface area contributed by atoms with Gasteiger partial charge in [-0.1, -0.05) is 25.9 Å². The van der Waals surface area contributed by atoms with E-state index >= 15 is 4.39 Å². The molecule has 5 aliphatic rings. The van der Waals surface area contributed by atoms with E-state index < -0.39 is 53.0 Å². The highest BCUT2D eigenvalue weighted by atomic mass is 19.1. The van der Waals surface area contributed by atoms with Crippen molar-refractivity contribution in [3.63, 3.8) is 0 Å². The second-order valence-corrected chi connectivity index (χ2v) is 13.9. The van der Waals surface area contributed by atoms with Gasteiger partial charge in [-0.05, 0) is 54.1 Å². The molecule has 44 heavy (non-hydrogen) atoms. The number of fused-ring (bicyclic) bond motifs is 6. The van der Waals surface area contributed by atoms with Crippen LogP contribution in [0.1, 0.15) is 45.9 Å². The maximum Gasteiger partial charge on any atom is 0.316 e. The molecular formula is C30H35FN8O5. The zero-order valence-corrected chi connectivity index (χ0v) is 25.0. The Kier molecular flexibility index (Phi) is 6.39. The van der Waals surface area contributed by atoms with Crippen molar-refractivity contribution in [2.75, 3.05) is 23.7 Å². The molecule has 13 nitrogen and oxygen atoms in total. The summed E-state index contributed by atoms with van der Waals surface area (Å²) in [6, 6.07) is 2.77. The van der Waals surface area contributed by atoms with Crippen LogP contribution < -0.4 is 15.4 Å². The smallest absolute Gasteiger partial charge is 0.316 e. The Balaban J connectivity index is 1.23. The first kappa shape index (κ1) is 28.5. The maximum atomic E-state index is 15.3. The van der Waals surface area contributed by atoms with E-state index in [0.29, 0.717) is 31.0 Å². The number of likely N-dealkylation sites (tertiary alicyclic amines) is 2. The van der Waals surface area contributed by atoms with Crippen LogP contribution in [0.4, 0.5) is 16.2 Å². The molecule has 14 heteroatoms. The molecule has 2 aromatic heterocycles. The van der Waals surface area contributed by atoms with Crippen molar-refractivity contribution in [2.45, 2.75) is 76.9 Å². The number of alkyl halides is 1. The normalized spacial score (nSPS) is 34.3. The maximum absolute atomic E-state index is 15.3. The summed E-state index contributed by atoms with van der Waals surface area (Å²) < 4.78 is 26.9. The van der Waals surface area contributed by atoms with Crippen LogP contribution in [0.3, 0.4) is 0 Å². The minimum Gasteiger partial charge on any atom is -0.472 e. The average molecular weight is 607 g/mol. The molecule has 0 aromatic carbocycles. The number of aryl methyl sites for hydroxylation is 1. The molecular weight excluding hydrogens is 571 g/mol. The Hall–Kier alpha value is -4.28. The van der Waals surface area contributed by atoms with Crippen LogP contribution in [0.15, 0.2) is 22.7 Å². The minimum atomic E-state index is -1.50. The third-order valence-electron chi connectivity index (χ3n) is 10.2. The number of anilines is 2. The zero-order chi connectivity index (χ0) is 31.1. The van der Waals surface area contributed by atoms with Crippen molar-refractivity contribution < 1.29 is 27.9 Å². The summed E-state index contributed by atoms with van der Waals surface area (Å²) in [4.78, 5) is 49.5. The molecule has 1 spiro atoms. The van der Waals surface area contributed by atoms with Gasteiger partial charge < -0.3 is 29.6 Å². The summed E-state index contributed by atoms with van der Waals surface area (Å²) in [5, 5.41) is 23.9. The molecule has 7 rings (SSSR count). The number of ether oxygens (including phenoxy) is 1. The number of carbonyl (C=O) groups is 3. The van der Waals surface area contributed by atoms with Gasteiger partial charge in [-0.3, -0.25) is 14.4 Å². The number of rotatable bonds is 4. The summed E-state index contributed by atoms with van der Waals surface area (Å²) in [5.41, 5.74) is -2.13. The van der Waals surface area contributed by atoms with Gasteiger partial charge in [0.2, 0.25) is 23.3 Å². The lowest BCUT2D eigenvalue weighted by Crippen LogP contribution is -2.58. The monoisotopic (exact) mass is 606 g/mol. The molecule has 3 aliphatic heterocycles. The standard InChI is InChI=1S/C30H35FN8O5/c1-14-36-37-28(43-14)34-23(29(2,3)4)26(41)38-12-18-15-8-17(19(31)9-15)21(18)22(38)25(40)39-13-30(10-16(39)11-32)27(42)35-24-20(44-30)6-5-7-33-24/h5-7,15-19,21-23H,8-10,12-13H2,1-4H3,(H,34,37)(H,33,35,42)/t15-,16-,17+,18+,19+,21-,22-,23+,30+/m0/s1. The van der Waals surface area contributed by atoms with E-state index in [1.807, 2.05) is 20.8 Å². The van der Waals surface area contributed by atoms with Gasteiger partial charge in [-0.15, -0.1) is 5.10 Å². The summed E-state index contributed by atoms with van der Waals surface area (Å²) in [6.45, 7) is 7.44. The van der Waals surface area contributed by atoms with Crippen molar-refractivity contribution in [2.24, 2.45) is 29.1 Å². The van der Waals surface area contributed by atoms with Crippen molar-refractivity contribution >= 4 is 29.6 Å². The lowest BCUT2D eigenvalue weighted by molar-refractivity contribution is -0.148. The highest BCUT2D eigenvalue weighted by Crippen LogP contribution is 2.59. The Labute approximate surface area is 253 Å². The molecule has 0 unspecified atom stereocenters. The minimum absolute atomic E-state index is 0.0413. The number of hydrogen-bond donors (Lipinski definition) is 2. The number of halogens is 1. The molecule has 2 saturated carbocycles. The van der Waals surface area contributed by atoms with E-state index in [9.17, 15) is 19.6 Å². The van der Waals surface area contributed by atoms with Gasteiger partial charge in [-0.25, -0.2) is 9.37 Å². The van der Waals surface area contributed by atoms with Gasteiger partial charge in [-0.2, -0.15) is 5.26 Å². The molecule has 5 heterocycles. The van der Waals surface area contributed by atoms with Crippen molar-refractivity contribution in [1.82, 2.24) is 25.0 Å². The number of nitriles is 1. The predicted molar refractivity (Wildman–Crippen MR) is 151 cm³/mol. The third kappa shape index (κ3) is 4.30. The van der Waals surface area contributed by atoms with E-state index in [0.717, 1.165) is 0 Å². The highest BCUT2D eigenvalue weighted by molar-refractivity contribution is 6.01. The third-order valence-corrected chi connectivity index (χ3v) is 10.2. The first-order valence-electron chi connectivity index (χ1n) is 15.1. The van der Waals surface area contributed by atoms with Gasteiger partial charge in [0, 0.05) is 26.1 Å². The Morgan fingerprint density at radius 2 is 2.05 bits per heavy atom. The van der Waals surface area contributed by atoms with E-state index in [4.69, 9.17) is 9.15 Å². The Morgan fingerprint density at radius 3 is 2.75 bits per heavy atom. The van der Waals surface area contributed by atoms with Gasteiger partial charge in [0.1, 0.15) is 24.3 Å². The summed E-state index contributed by atoms with van der Waals surface area (Å²) in [7, 11) is 0. The molecule has 9 atom stereocenters. The molecule has 0 radical (unpaired) electrons. The number of carbonyl (C=O) groups excluding carboxylic acids is 3. The van der Waals surface area contributed by atoms with Crippen molar-refractivity contribution in [3.8, 4) is 11.8 Å². The fourth-order valence-corrected chi connectivity index (χ4v) is 8.22. The van der Waals surface area contributed by atoms with Crippen LogP contribution in [0, 0.1) is 47.3 Å². The summed E-state index contributed by atoms with van der Waals surface area (Å²) in [6.07, 6.45) is 1.51. The van der Waals surface area contributed by atoms with Crippen LogP contribution in [0.5, 0.6) is 5.75 Å². The molecule has 2 saturated heterocycles. The average Bonchev–Trinajstić information content (AvgIpc) is 3.78. The Morgan fingerprint density at radius 1 is 1.25 bits per heavy atom. The first-order valence-corrected chi connectivity index (χ1v) is 15.1. The molecule has 2 bridgehead atoms. The SMILES string of the molecule is Cc1nnc(N[C@H](C(=O)N2C[C@@H]3[C@H]4C[C@@H]([C@@H]3[C@H]2C(=O)N2C[C@@]3(C[C@H]2C#N)Oc2cccnc2NC3=O)[C@H](F)C4)C(C)(C)C)o1. The van der Waals surface area contributed by atoms with E-state index in [2.05, 4.69) is 31.9 Å². The molecule has 2 aromatic rings. The van der Waals surface area contributed by atoms with Gasteiger partial charge in [0.05, 0.1) is 12.6 Å². The predicted octanol–water partition coefficient (Wildman–Crippen LogP) is 2.32. The number of nitrogens with one attached hydrogen (secondary N) is 2. The number of hydrogen-bond acceptors (Lipinski definition) is 10. The number of amides is 3. The Bertz CT molecular complexity index is 1570. The number of nitrogens with zero attached hydrogens (tertiary/aromatic N) is 6. The van der Waals surface area contributed by atoms with Gasteiger partial charge in [0.15, 0.2) is 11.6 Å². The molecule has 232 valence electrons. The highest BCUT2D eigenvalue weighted by Gasteiger charge is 2.65. The first-order chi connectivity index (χ1) is 20.9. The zero-order valence-electron chi connectivity index (χ0n) is 25.0. The second kappa shape index (κ2) is 9.87. The largest absolute Gasteiger partial charge is 0.472 e. The topological polar surface area (TPSA) is 167 Å². The molecule has 4 fully saturated rings. The van der Waals surface area contributed by atoms with Gasteiger partial charge in [0.25, 0.3) is 5.91 Å². The van der Waals surface area contributed by atoms with E-state index in [1.165, 1.54) is 11.1 Å². The van der Waals surface area contributed by atoms with E-state index in [-0.39, 0.29) is 48.5 Å². The fraction of sp³-hybridized carbons (Fsp3) is 0.633. The summed E-state index contributed by atoms with van der Waals surface area (Å²) in [5.74, 6) is -1.08. The van der Waals surface area contributed by atoms with Gasteiger partial charge >= 0.3 is 6.01 Å². The van der Waals surface area contributed by atoms with Crippen molar-refractivity contribution in [1.29, 1.82) is 5.26 Å². The lowest BCUT2D eigenvalue weighted by Gasteiger charge is -2.38. The van der Waals surface area contributed by atoms with Crippen LogP contribution in [-0.2, 0) is 14.4 Å². The fourth-order valence-electron chi connectivity index (χ4n) is 8.22. The molecule has 2 N–H and O–H groups in total. The van der Waals surface area contributed by atoms with Crippen LogP contribution in [0.2, 0.25) is 0 Å². The van der Waals surface area contributed by atoms with Crippen LogP contribution >= 0.6 is 0 Å². The number of aromatic nitrogens is 3. The van der Waals surface area contributed by atoms with Crippen LogP contribution in [-0.4, -0.2) is 85.7 Å². The van der Waals surface area contributed by atoms with Crippen molar-refractivity contribution in [3.05, 3.63) is 24.2 Å². The van der Waals surface area contributed by atoms with E-state index in [1.54, 1.807) is 24.0 Å². The quantitative estimate of drug-likeness (QED) is 0.527.